The van der Waals surface area contributed by atoms with Crippen LogP contribution in [0.25, 0.3) is 16.7 Å². The number of nitrogens with one attached hydrogen (secondary N) is 1. The molecule has 1 amide bonds. The molecule has 1 atom stereocenters. The summed E-state index contributed by atoms with van der Waals surface area (Å²) in [4.78, 5) is 31.4. The average Bonchev–Trinajstić information content (AvgIpc) is 3.45. The minimum absolute atomic E-state index is 0.0436. The molecule has 0 bridgehead atoms. The molecule has 1 aromatic heterocycles. The minimum atomic E-state index is -0.765. The molecule has 7 nitrogen and oxygen atoms in total. The lowest BCUT2D eigenvalue weighted by Crippen LogP contribution is -2.31. The molecule has 1 fully saturated rings. The van der Waals surface area contributed by atoms with Gasteiger partial charge >= 0.3 is 0 Å². The van der Waals surface area contributed by atoms with Gasteiger partial charge in [0.2, 0.25) is 0 Å². The predicted molar refractivity (Wildman–Crippen MR) is 147 cm³/mol. The van der Waals surface area contributed by atoms with Crippen LogP contribution in [0.2, 0.25) is 5.02 Å². The van der Waals surface area contributed by atoms with Gasteiger partial charge in [0.1, 0.15) is 17.3 Å². The maximum atomic E-state index is 13.3. The lowest BCUT2D eigenvalue weighted by molar-refractivity contribution is -0.139. The number of nitrogens with zero attached hydrogens (tertiary/aromatic N) is 1. The molecule has 0 radical (unpaired) electrons. The molecule has 8 heteroatoms. The number of amides is 1. The Morgan fingerprint density at radius 2 is 1.74 bits per heavy atom. The number of methoxy groups -OCH3 is 1. The number of H-pyrrole nitrogens is 1. The number of ketones is 1. The molecule has 1 aliphatic rings. The number of aromatic nitrogens is 1. The van der Waals surface area contributed by atoms with Crippen molar-refractivity contribution in [3.8, 4) is 11.5 Å². The topological polar surface area (TPSA) is 91.9 Å². The SMILES string of the molecule is CCOc1ccc(/C(O)=C2/C(=O)C(=O)N(CCc3c[nH]c4ccc(OC)cc34)C2c2ccc(Cl)cc2)cc1. The van der Waals surface area contributed by atoms with Gasteiger partial charge in [-0.05, 0) is 79.1 Å². The third kappa shape index (κ3) is 4.73. The van der Waals surface area contributed by atoms with Crippen LogP contribution in [0, 0.1) is 0 Å². The van der Waals surface area contributed by atoms with Gasteiger partial charge in [0.05, 0.1) is 25.3 Å². The smallest absolute Gasteiger partial charge is 0.295 e. The molecule has 5 rings (SSSR count). The van der Waals surface area contributed by atoms with Crippen LogP contribution >= 0.6 is 11.6 Å². The Hall–Kier alpha value is -4.23. The van der Waals surface area contributed by atoms with E-state index in [1.54, 1.807) is 55.6 Å². The van der Waals surface area contributed by atoms with E-state index in [0.29, 0.717) is 34.9 Å². The number of likely N-dealkylation sites (tertiary alicyclic amines) is 1. The highest BCUT2D eigenvalue weighted by Gasteiger charge is 2.45. The second kappa shape index (κ2) is 10.6. The van der Waals surface area contributed by atoms with Gasteiger partial charge in [0.15, 0.2) is 0 Å². The molecule has 3 aromatic carbocycles. The summed E-state index contributed by atoms with van der Waals surface area (Å²) in [7, 11) is 1.61. The van der Waals surface area contributed by atoms with Gasteiger partial charge in [0.25, 0.3) is 11.7 Å². The van der Waals surface area contributed by atoms with Crippen LogP contribution in [0.3, 0.4) is 0 Å². The second-order valence-electron chi connectivity index (χ2n) is 8.98. The van der Waals surface area contributed by atoms with Gasteiger partial charge in [-0.2, -0.15) is 0 Å². The van der Waals surface area contributed by atoms with Gasteiger partial charge in [-0.3, -0.25) is 9.59 Å². The first kappa shape index (κ1) is 25.4. The predicted octanol–water partition coefficient (Wildman–Crippen LogP) is 5.89. The summed E-state index contributed by atoms with van der Waals surface area (Å²) in [6, 6.07) is 18.7. The normalized spacial score (nSPS) is 16.8. The van der Waals surface area contributed by atoms with E-state index in [2.05, 4.69) is 4.98 Å². The molecule has 1 aliphatic heterocycles. The van der Waals surface area contributed by atoms with Gasteiger partial charge < -0.3 is 24.5 Å². The van der Waals surface area contributed by atoms with E-state index in [-0.39, 0.29) is 17.9 Å². The highest BCUT2D eigenvalue weighted by molar-refractivity contribution is 6.46. The summed E-state index contributed by atoms with van der Waals surface area (Å²) in [5, 5.41) is 12.8. The second-order valence-corrected chi connectivity index (χ2v) is 9.41. The maximum Gasteiger partial charge on any atom is 0.295 e. The number of carbonyl (C=O) groups is 2. The van der Waals surface area contributed by atoms with Crippen molar-refractivity contribution in [2.24, 2.45) is 0 Å². The van der Waals surface area contributed by atoms with E-state index in [0.717, 1.165) is 22.2 Å². The number of ether oxygens (including phenoxy) is 2. The van der Waals surface area contributed by atoms with Gasteiger partial charge in [-0.1, -0.05) is 23.7 Å². The maximum absolute atomic E-state index is 13.3. The van der Waals surface area contributed by atoms with E-state index in [4.69, 9.17) is 21.1 Å². The summed E-state index contributed by atoms with van der Waals surface area (Å²) in [6.07, 6.45) is 2.39. The van der Waals surface area contributed by atoms with Gasteiger partial charge in [-0.25, -0.2) is 0 Å². The molecule has 1 saturated heterocycles. The van der Waals surface area contributed by atoms with Crippen molar-refractivity contribution in [1.29, 1.82) is 0 Å². The molecule has 1 unspecified atom stereocenters. The molecule has 2 N–H and O–H groups in total. The highest BCUT2D eigenvalue weighted by Crippen LogP contribution is 2.40. The number of aliphatic hydroxyl groups excluding tert-OH is 1. The van der Waals surface area contributed by atoms with E-state index < -0.39 is 17.7 Å². The zero-order valence-electron chi connectivity index (χ0n) is 21.0. The summed E-state index contributed by atoms with van der Waals surface area (Å²) in [6.45, 7) is 2.66. The van der Waals surface area contributed by atoms with Crippen LogP contribution in [0.4, 0.5) is 0 Å². The standard InChI is InChI=1S/C30H27ClN2O5/c1-3-38-22-10-6-19(7-11-22)28(34)26-27(18-4-8-21(31)9-5-18)33(30(36)29(26)35)15-14-20-17-32-25-13-12-23(37-2)16-24(20)25/h4-13,16-17,27,32,34H,3,14-15H2,1-2H3/b28-26-. The highest BCUT2D eigenvalue weighted by atomic mass is 35.5. The van der Waals surface area contributed by atoms with Crippen molar-refractivity contribution in [1.82, 2.24) is 9.88 Å². The molecule has 0 spiro atoms. The Balaban J connectivity index is 1.53. The van der Waals surface area contributed by atoms with E-state index >= 15 is 0 Å². The number of carbonyl (C=O) groups excluding carboxylic acids is 2. The quantitative estimate of drug-likeness (QED) is 0.168. The fraction of sp³-hybridized carbons (Fsp3) is 0.200. The summed E-state index contributed by atoms with van der Waals surface area (Å²) in [5.74, 6) is -0.234. The van der Waals surface area contributed by atoms with Crippen LogP contribution in [0.5, 0.6) is 11.5 Å². The van der Waals surface area contributed by atoms with Crippen LogP contribution < -0.4 is 9.47 Å². The zero-order valence-corrected chi connectivity index (χ0v) is 21.8. The molecular weight excluding hydrogens is 504 g/mol. The fourth-order valence-corrected chi connectivity index (χ4v) is 4.99. The number of aromatic amines is 1. The largest absolute Gasteiger partial charge is 0.507 e. The third-order valence-electron chi connectivity index (χ3n) is 6.76. The Morgan fingerprint density at radius 1 is 1.03 bits per heavy atom. The van der Waals surface area contributed by atoms with E-state index in [1.807, 2.05) is 31.3 Å². The number of rotatable bonds is 8. The Bertz CT molecular complexity index is 1520. The van der Waals surface area contributed by atoms with Crippen molar-refractivity contribution in [2.75, 3.05) is 20.3 Å². The first-order chi connectivity index (χ1) is 18.4. The Labute approximate surface area is 225 Å². The van der Waals surface area contributed by atoms with Crippen molar-refractivity contribution in [3.05, 3.63) is 100 Å². The van der Waals surface area contributed by atoms with Crippen molar-refractivity contribution in [2.45, 2.75) is 19.4 Å². The first-order valence-electron chi connectivity index (χ1n) is 12.3. The molecule has 4 aromatic rings. The van der Waals surface area contributed by atoms with E-state index in [1.165, 1.54) is 4.90 Å². The van der Waals surface area contributed by atoms with Crippen LogP contribution in [-0.4, -0.2) is 46.9 Å². The summed E-state index contributed by atoms with van der Waals surface area (Å²) >= 11 is 6.12. The van der Waals surface area contributed by atoms with Crippen molar-refractivity contribution >= 4 is 40.0 Å². The lowest BCUT2D eigenvalue weighted by Gasteiger charge is -2.25. The first-order valence-corrected chi connectivity index (χ1v) is 12.7. The number of aliphatic hydroxyl groups is 1. The number of hydrogen-bond donors (Lipinski definition) is 2. The number of halogens is 1. The molecule has 194 valence electrons. The Morgan fingerprint density at radius 3 is 2.42 bits per heavy atom. The van der Waals surface area contributed by atoms with Crippen molar-refractivity contribution < 1.29 is 24.2 Å². The fourth-order valence-electron chi connectivity index (χ4n) is 4.87. The van der Waals surface area contributed by atoms with Crippen LogP contribution in [0.1, 0.15) is 29.7 Å². The molecule has 0 aliphatic carbocycles. The van der Waals surface area contributed by atoms with Crippen molar-refractivity contribution in [3.63, 3.8) is 0 Å². The van der Waals surface area contributed by atoms with E-state index in [9.17, 15) is 14.7 Å². The number of Topliss-reactive ketones (excluding diaryl/α,β-unsaturated/α-hetero) is 1. The summed E-state index contributed by atoms with van der Waals surface area (Å²) in [5.41, 5.74) is 3.09. The minimum Gasteiger partial charge on any atom is -0.507 e. The monoisotopic (exact) mass is 530 g/mol. The molecular formula is C30H27ClN2O5. The molecule has 2 heterocycles. The molecule has 0 saturated carbocycles. The number of fused-ring (bicyclic) bond motifs is 1. The van der Waals surface area contributed by atoms with Gasteiger partial charge in [0, 0.05) is 34.2 Å². The van der Waals surface area contributed by atoms with Crippen LogP contribution in [0.15, 0.2) is 78.5 Å². The van der Waals surface area contributed by atoms with Gasteiger partial charge in [-0.15, -0.1) is 0 Å². The third-order valence-corrected chi connectivity index (χ3v) is 7.01. The summed E-state index contributed by atoms with van der Waals surface area (Å²) < 4.78 is 10.9. The lowest BCUT2D eigenvalue weighted by atomic mass is 9.95. The average molecular weight is 531 g/mol. The molecule has 38 heavy (non-hydrogen) atoms. The number of hydrogen-bond acceptors (Lipinski definition) is 5. The Kier molecular flexibility index (Phi) is 7.11. The number of benzene rings is 3. The zero-order chi connectivity index (χ0) is 26.8. The van der Waals surface area contributed by atoms with Crippen LogP contribution in [-0.2, 0) is 16.0 Å².